The Morgan fingerprint density at radius 3 is 2.73 bits per heavy atom. The van der Waals surface area contributed by atoms with E-state index >= 15 is 0 Å². The van der Waals surface area contributed by atoms with Crippen LogP contribution in [0.4, 0.5) is 0 Å². The number of nitrogens with one attached hydrogen (secondary N) is 1. The summed E-state index contributed by atoms with van der Waals surface area (Å²) in [6, 6.07) is 4.34. The molecule has 5 rings (SSSR count). The number of benzene rings is 1. The summed E-state index contributed by atoms with van der Waals surface area (Å²) in [5.74, 6) is 1.91. The van der Waals surface area contributed by atoms with Gasteiger partial charge in [-0.1, -0.05) is 0 Å². The molecule has 1 aromatic carbocycles. The minimum absolute atomic E-state index is 0.446. The summed E-state index contributed by atoms with van der Waals surface area (Å²) >= 11 is 4.01. The molecular weight excluding hydrogens is 503 g/mol. The van der Waals surface area contributed by atoms with Crippen LogP contribution in [0.1, 0.15) is 20.3 Å². The second-order valence-electron chi connectivity index (χ2n) is 7.81. The first kappa shape index (κ1) is 22.3. The van der Waals surface area contributed by atoms with Crippen molar-refractivity contribution in [1.29, 1.82) is 0 Å². The normalized spacial score (nSPS) is 13.2. The molecule has 3 aromatic heterocycles. The number of oxazole rings is 1. The van der Waals surface area contributed by atoms with E-state index in [2.05, 4.69) is 55.5 Å². The van der Waals surface area contributed by atoms with Gasteiger partial charge in [0.1, 0.15) is 0 Å². The zero-order valence-corrected chi connectivity index (χ0v) is 21.0. The van der Waals surface area contributed by atoms with Gasteiger partial charge < -0.3 is 0 Å². The van der Waals surface area contributed by atoms with Gasteiger partial charge in [-0.3, -0.25) is 0 Å². The van der Waals surface area contributed by atoms with Crippen LogP contribution in [0.3, 0.4) is 0 Å². The number of hydrogen-bond acceptors (Lipinski definition) is 9. The molecule has 1 aliphatic rings. The molecule has 4 aromatic rings. The number of ether oxygens (including phenoxy) is 2. The summed E-state index contributed by atoms with van der Waals surface area (Å²) in [6.07, 6.45) is 5.73. The van der Waals surface area contributed by atoms with Crippen molar-refractivity contribution < 1.29 is 13.9 Å². The van der Waals surface area contributed by atoms with E-state index in [9.17, 15) is 0 Å². The van der Waals surface area contributed by atoms with E-state index in [1.54, 1.807) is 18.8 Å². The second kappa shape index (κ2) is 9.75. The number of aromatic nitrogens is 5. The summed E-state index contributed by atoms with van der Waals surface area (Å²) < 4.78 is 20.2. The molecule has 0 amide bonds. The van der Waals surface area contributed by atoms with Crippen molar-refractivity contribution in [2.75, 3.05) is 19.8 Å². The quantitative estimate of drug-likeness (QED) is 0.274. The molecule has 0 bridgehead atoms. The number of hydrogen-bond donors (Lipinski definition) is 1. The Morgan fingerprint density at radius 2 is 1.97 bits per heavy atom. The number of nitrogens with zero attached hydrogens (tertiary/aromatic N) is 5. The van der Waals surface area contributed by atoms with E-state index in [-0.39, 0.29) is 0 Å². The summed E-state index contributed by atoms with van der Waals surface area (Å²) in [6.45, 7) is 7.02. The first-order valence-corrected chi connectivity index (χ1v) is 12.5. The Hall–Kier alpha value is -2.55. The van der Waals surface area contributed by atoms with E-state index in [1.807, 2.05) is 12.1 Å². The Labute approximate surface area is 204 Å². The number of imidazole rings is 1. The third-order valence-electron chi connectivity index (χ3n) is 5.10. The van der Waals surface area contributed by atoms with Crippen LogP contribution in [0.25, 0.3) is 22.6 Å². The zero-order chi connectivity index (χ0) is 22.8. The zero-order valence-electron chi connectivity index (χ0n) is 18.3. The van der Waals surface area contributed by atoms with E-state index in [1.165, 1.54) is 11.8 Å². The van der Waals surface area contributed by atoms with Crippen molar-refractivity contribution in [3.05, 3.63) is 30.9 Å². The SMILES string of the molecule is CC(C)NCCCn1c(Sc2cc3c(cc2-c2ncco2)OCCO3)nc2c([As])ncnc21. The van der Waals surface area contributed by atoms with Crippen molar-refractivity contribution in [3.8, 4) is 23.0 Å². The van der Waals surface area contributed by atoms with Gasteiger partial charge in [-0.05, 0) is 0 Å². The Balaban J connectivity index is 1.55. The molecule has 33 heavy (non-hydrogen) atoms. The molecular formula is C22H23AsN6O3S. The van der Waals surface area contributed by atoms with Gasteiger partial charge in [-0.2, -0.15) is 0 Å². The maximum atomic E-state index is 5.83. The van der Waals surface area contributed by atoms with Crippen LogP contribution in [0.2, 0.25) is 0 Å². The van der Waals surface area contributed by atoms with Gasteiger partial charge >= 0.3 is 205 Å². The number of fused-ring (bicyclic) bond motifs is 2. The molecule has 0 unspecified atom stereocenters. The van der Waals surface area contributed by atoms with E-state index in [4.69, 9.17) is 18.9 Å². The van der Waals surface area contributed by atoms with Crippen LogP contribution >= 0.6 is 11.8 Å². The molecule has 9 nitrogen and oxygen atoms in total. The summed E-state index contributed by atoms with van der Waals surface area (Å²) in [5.41, 5.74) is 2.43. The van der Waals surface area contributed by atoms with E-state index in [0.29, 0.717) is 36.6 Å². The standard InChI is InChI=1S/C22H23AsN6O3S/c1-13(2)24-4-3-6-29-20-18(19(23)26-12-27-20)28-22(29)33-17-11-16-15(30-8-9-31-16)10-14(17)21-25-5-7-32-21/h5,7,10-13,24H,3-4,6,8-9H2,1-2H3. The van der Waals surface area contributed by atoms with Gasteiger partial charge in [0.25, 0.3) is 0 Å². The van der Waals surface area contributed by atoms with Crippen LogP contribution in [0, 0.1) is 0 Å². The molecule has 0 aliphatic carbocycles. The minimum atomic E-state index is 0.446. The summed E-state index contributed by atoms with van der Waals surface area (Å²) in [5, 5.41) is 4.30. The van der Waals surface area contributed by atoms with Crippen molar-refractivity contribution >= 4 is 44.3 Å². The molecule has 0 fully saturated rings. The summed E-state index contributed by atoms with van der Waals surface area (Å²) in [7, 11) is 0. The number of aryl methyl sites for hydroxylation is 1. The molecule has 11 heteroatoms. The summed E-state index contributed by atoms with van der Waals surface area (Å²) in [4.78, 5) is 19.0. The average molecular weight is 526 g/mol. The Morgan fingerprint density at radius 1 is 1.15 bits per heavy atom. The molecule has 0 spiro atoms. The van der Waals surface area contributed by atoms with Crippen LogP contribution in [0.5, 0.6) is 11.5 Å². The predicted molar refractivity (Wildman–Crippen MR) is 126 cm³/mol. The Kier molecular flexibility index (Phi) is 6.57. The molecule has 0 atom stereocenters. The van der Waals surface area contributed by atoms with Crippen LogP contribution in [-0.4, -0.2) is 67.2 Å². The Bertz CT molecular complexity index is 1260. The van der Waals surface area contributed by atoms with Crippen LogP contribution in [-0.2, 0) is 6.54 Å². The first-order valence-electron chi connectivity index (χ1n) is 10.7. The molecule has 0 saturated carbocycles. The average Bonchev–Trinajstić information content (AvgIpc) is 3.45. The first-order chi connectivity index (χ1) is 16.1. The van der Waals surface area contributed by atoms with Gasteiger partial charge in [-0.25, -0.2) is 0 Å². The van der Waals surface area contributed by atoms with Crippen molar-refractivity contribution in [3.63, 3.8) is 0 Å². The van der Waals surface area contributed by atoms with Gasteiger partial charge in [-0.15, -0.1) is 0 Å². The van der Waals surface area contributed by atoms with Crippen LogP contribution in [0.15, 0.2) is 45.4 Å². The molecule has 2 radical (unpaired) electrons. The fraction of sp³-hybridized carbons (Fsp3) is 0.364. The fourth-order valence-electron chi connectivity index (χ4n) is 3.59. The maximum absolute atomic E-state index is 5.83. The molecule has 0 saturated heterocycles. The van der Waals surface area contributed by atoms with E-state index in [0.717, 1.165) is 50.8 Å². The van der Waals surface area contributed by atoms with Crippen LogP contribution < -0.4 is 19.3 Å². The van der Waals surface area contributed by atoms with E-state index < -0.39 is 0 Å². The number of rotatable bonds is 8. The predicted octanol–water partition coefficient (Wildman–Crippen LogP) is 2.59. The van der Waals surface area contributed by atoms with Gasteiger partial charge in [0.2, 0.25) is 0 Å². The third-order valence-corrected chi connectivity index (χ3v) is 6.84. The van der Waals surface area contributed by atoms with Crippen molar-refractivity contribution in [2.24, 2.45) is 0 Å². The molecule has 1 aliphatic heterocycles. The van der Waals surface area contributed by atoms with Gasteiger partial charge in [0.05, 0.1) is 0 Å². The second-order valence-corrected chi connectivity index (χ2v) is 9.71. The third kappa shape index (κ3) is 4.74. The molecule has 170 valence electrons. The monoisotopic (exact) mass is 526 g/mol. The topological polar surface area (TPSA) is 100 Å². The van der Waals surface area contributed by atoms with Crippen molar-refractivity contribution in [1.82, 2.24) is 29.8 Å². The van der Waals surface area contributed by atoms with Crippen molar-refractivity contribution in [2.45, 2.75) is 42.9 Å². The fourth-order valence-corrected chi connectivity index (χ4v) is 5.06. The molecule has 4 heterocycles. The molecule has 1 N–H and O–H groups in total. The van der Waals surface area contributed by atoms with Gasteiger partial charge in [0, 0.05) is 0 Å². The van der Waals surface area contributed by atoms with Gasteiger partial charge in [0.15, 0.2) is 0 Å².